The Bertz CT molecular complexity index is 932. The van der Waals surface area contributed by atoms with Crippen molar-refractivity contribution >= 4 is 23.0 Å². The fourth-order valence-corrected chi connectivity index (χ4v) is 3.36. The van der Waals surface area contributed by atoms with Crippen LogP contribution >= 0.6 is 11.3 Å². The molecule has 0 aliphatic rings. The Morgan fingerprint density at radius 2 is 1.89 bits per heavy atom. The van der Waals surface area contributed by atoms with E-state index in [2.05, 4.69) is 20.3 Å². The maximum absolute atomic E-state index is 5.60. The normalized spacial score (nSPS) is 10.6. The number of rotatable bonds is 9. The van der Waals surface area contributed by atoms with Gasteiger partial charge >= 0.3 is 0 Å². The summed E-state index contributed by atoms with van der Waals surface area (Å²) in [7, 11) is 4.84. The summed E-state index contributed by atoms with van der Waals surface area (Å²) in [5, 5.41) is 3.78. The van der Waals surface area contributed by atoms with Gasteiger partial charge in [-0.25, -0.2) is 15.0 Å². The third kappa shape index (κ3) is 4.68. The van der Waals surface area contributed by atoms with Gasteiger partial charge in [-0.05, 0) is 25.1 Å². The fourth-order valence-electron chi connectivity index (χ4n) is 2.45. The Hall–Kier alpha value is -2.91. The van der Waals surface area contributed by atoms with E-state index in [9.17, 15) is 0 Å². The number of ether oxygens (including phenoxy) is 4. The van der Waals surface area contributed by atoms with Crippen molar-refractivity contribution in [2.45, 2.75) is 6.92 Å². The first-order valence-corrected chi connectivity index (χ1v) is 9.38. The number of hydrogen-bond acceptors (Lipinski definition) is 9. The fraction of sp³-hybridized carbons (Fsp3) is 0.316. The zero-order valence-electron chi connectivity index (χ0n) is 16.2. The van der Waals surface area contributed by atoms with E-state index in [1.54, 1.807) is 33.6 Å². The molecule has 0 unspecified atom stereocenters. The zero-order chi connectivity index (χ0) is 19.9. The van der Waals surface area contributed by atoms with Crippen LogP contribution in [0.2, 0.25) is 0 Å². The molecule has 0 amide bonds. The Kier molecular flexibility index (Phi) is 6.62. The van der Waals surface area contributed by atoms with Crippen LogP contribution in [-0.4, -0.2) is 49.5 Å². The van der Waals surface area contributed by atoms with Crippen molar-refractivity contribution in [3.05, 3.63) is 36.2 Å². The lowest BCUT2D eigenvalue weighted by Crippen LogP contribution is -2.03. The lowest BCUT2D eigenvalue weighted by atomic mass is 10.2. The van der Waals surface area contributed by atoms with Crippen molar-refractivity contribution in [1.82, 2.24) is 15.0 Å². The van der Waals surface area contributed by atoms with Gasteiger partial charge in [-0.3, -0.25) is 0 Å². The highest BCUT2D eigenvalue weighted by Crippen LogP contribution is 2.34. The number of thiazole rings is 1. The smallest absolute Gasteiger partial charge is 0.274 e. The van der Waals surface area contributed by atoms with Crippen molar-refractivity contribution < 1.29 is 18.9 Å². The SMILES string of the molecule is COCCOc1nc(C)c(-c2ccnc(Nc3ccc(OC)cc3OC)n2)s1. The molecule has 0 radical (unpaired) electrons. The summed E-state index contributed by atoms with van der Waals surface area (Å²) in [4.78, 5) is 14.3. The van der Waals surface area contributed by atoms with E-state index < -0.39 is 0 Å². The molecular formula is C19H22N4O4S. The summed E-state index contributed by atoms with van der Waals surface area (Å²) in [5.41, 5.74) is 2.36. The quantitative estimate of drug-likeness (QED) is 0.542. The predicted octanol–water partition coefficient (Wildman–Crippen LogP) is 3.69. The highest BCUT2D eigenvalue weighted by atomic mass is 32.1. The van der Waals surface area contributed by atoms with Crippen LogP contribution in [-0.2, 0) is 4.74 Å². The van der Waals surface area contributed by atoms with Crippen LogP contribution < -0.4 is 19.5 Å². The Morgan fingerprint density at radius 3 is 2.64 bits per heavy atom. The summed E-state index contributed by atoms with van der Waals surface area (Å²) in [6, 6.07) is 7.33. The molecule has 0 spiro atoms. The monoisotopic (exact) mass is 402 g/mol. The van der Waals surface area contributed by atoms with Gasteiger partial charge < -0.3 is 24.3 Å². The highest BCUT2D eigenvalue weighted by molar-refractivity contribution is 7.17. The summed E-state index contributed by atoms with van der Waals surface area (Å²) in [6.45, 7) is 2.90. The van der Waals surface area contributed by atoms with Gasteiger partial charge in [-0.15, -0.1) is 0 Å². The van der Waals surface area contributed by atoms with Gasteiger partial charge in [-0.1, -0.05) is 11.3 Å². The third-order valence-corrected chi connectivity index (χ3v) is 4.93. The van der Waals surface area contributed by atoms with Crippen molar-refractivity contribution in [3.8, 4) is 27.3 Å². The molecule has 2 heterocycles. The molecule has 0 saturated carbocycles. The summed E-state index contributed by atoms with van der Waals surface area (Å²) >= 11 is 1.44. The van der Waals surface area contributed by atoms with Gasteiger partial charge in [0.05, 0.1) is 42.8 Å². The molecule has 1 N–H and O–H groups in total. The van der Waals surface area contributed by atoms with Gasteiger partial charge in [-0.2, -0.15) is 0 Å². The first kappa shape index (κ1) is 19.8. The Morgan fingerprint density at radius 1 is 1.04 bits per heavy atom. The van der Waals surface area contributed by atoms with Crippen LogP contribution in [0.15, 0.2) is 30.5 Å². The number of aryl methyl sites for hydroxylation is 1. The van der Waals surface area contributed by atoms with E-state index in [1.807, 2.05) is 25.1 Å². The van der Waals surface area contributed by atoms with Crippen LogP contribution in [0.1, 0.15) is 5.69 Å². The number of nitrogens with zero attached hydrogens (tertiary/aromatic N) is 3. The van der Waals surface area contributed by atoms with E-state index in [4.69, 9.17) is 18.9 Å². The number of nitrogens with one attached hydrogen (secondary N) is 1. The number of methoxy groups -OCH3 is 3. The van der Waals surface area contributed by atoms with Crippen LogP contribution in [0.5, 0.6) is 16.7 Å². The second-order valence-electron chi connectivity index (χ2n) is 5.69. The van der Waals surface area contributed by atoms with Crippen LogP contribution in [0.3, 0.4) is 0 Å². The molecule has 0 bridgehead atoms. The Balaban J connectivity index is 1.81. The van der Waals surface area contributed by atoms with Gasteiger partial charge in [0, 0.05) is 19.4 Å². The molecule has 0 fully saturated rings. The molecule has 0 atom stereocenters. The van der Waals surface area contributed by atoms with Crippen molar-refractivity contribution in [2.24, 2.45) is 0 Å². The molecule has 28 heavy (non-hydrogen) atoms. The zero-order valence-corrected chi connectivity index (χ0v) is 17.0. The minimum Gasteiger partial charge on any atom is -0.497 e. The molecule has 1 aromatic carbocycles. The molecule has 148 valence electrons. The standard InChI is InChI=1S/C19H22N4O4S/c1-12-17(28-19(21-12)27-10-9-24-2)15-7-8-20-18(23-15)22-14-6-5-13(25-3)11-16(14)26-4/h5-8,11H,9-10H2,1-4H3,(H,20,22,23). The van der Waals surface area contributed by atoms with Crippen molar-refractivity contribution in [1.29, 1.82) is 0 Å². The van der Waals surface area contributed by atoms with E-state index in [0.717, 1.165) is 22.0 Å². The minimum absolute atomic E-state index is 0.454. The lowest BCUT2D eigenvalue weighted by Gasteiger charge is -2.11. The average Bonchev–Trinajstić information content (AvgIpc) is 3.09. The maximum atomic E-state index is 5.60. The second-order valence-corrected chi connectivity index (χ2v) is 6.65. The van der Waals surface area contributed by atoms with Crippen LogP contribution in [0.4, 0.5) is 11.6 Å². The second kappa shape index (κ2) is 9.34. The topological polar surface area (TPSA) is 87.6 Å². The minimum atomic E-state index is 0.454. The molecule has 8 nitrogen and oxygen atoms in total. The van der Waals surface area contributed by atoms with Crippen LogP contribution in [0.25, 0.3) is 10.6 Å². The van der Waals surface area contributed by atoms with Gasteiger partial charge in [0.25, 0.3) is 5.19 Å². The van der Waals surface area contributed by atoms with Crippen molar-refractivity contribution in [2.75, 3.05) is 39.9 Å². The molecule has 0 aliphatic carbocycles. The number of benzene rings is 1. The Labute approximate surface area is 167 Å². The third-order valence-electron chi connectivity index (χ3n) is 3.83. The highest BCUT2D eigenvalue weighted by Gasteiger charge is 2.14. The first-order valence-electron chi connectivity index (χ1n) is 8.56. The average molecular weight is 402 g/mol. The van der Waals surface area contributed by atoms with Crippen molar-refractivity contribution in [3.63, 3.8) is 0 Å². The van der Waals surface area contributed by atoms with Gasteiger partial charge in [0.15, 0.2) is 0 Å². The number of anilines is 2. The maximum Gasteiger partial charge on any atom is 0.274 e. The molecule has 2 aromatic heterocycles. The largest absolute Gasteiger partial charge is 0.497 e. The first-order chi connectivity index (χ1) is 13.6. The summed E-state index contributed by atoms with van der Waals surface area (Å²) in [5.74, 6) is 1.80. The summed E-state index contributed by atoms with van der Waals surface area (Å²) in [6.07, 6.45) is 1.70. The lowest BCUT2D eigenvalue weighted by molar-refractivity contribution is 0.146. The van der Waals surface area contributed by atoms with Gasteiger partial charge in [0.2, 0.25) is 5.95 Å². The molecular weight excluding hydrogens is 380 g/mol. The van der Waals surface area contributed by atoms with Gasteiger partial charge in [0.1, 0.15) is 18.1 Å². The van der Waals surface area contributed by atoms with E-state index in [0.29, 0.717) is 35.9 Å². The number of hydrogen-bond donors (Lipinski definition) is 1. The van der Waals surface area contributed by atoms with E-state index in [1.165, 1.54) is 11.3 Å². The predicted molar refractivity (Wildman–Crippen MR) is 108 cm³/mol. The number of aromatic nitrogens is 3. The van der Waals surface area contributed by atoms with E-state index in [-0.39, 0.29) is 0 Å². The molecule has 3 rings (SSSR count). The molecule has 9 heteroatoms. The van der Waals surface area contributed by atoms with E-state index >= 15 is 0 Å². The molecule has 0 saturated heterocycles. The molecule has 3 aromatic rings. The summed E-state index contributed by atoms with van der Waals surface area (Å²) < 4.78 is 21.2. The molecule has 0 aliphatic heterocycles. The van der Waals surface area contributed by atoms with Crippen LogP contribution in [0, 0.1) is 6.92 Å².